The third-order valence-electron chi connectivity index (χ3n) is 5.05. The molecule has 2 unspecified atom stereocenters. The van der Waals surface area contributed by atoms with Gasteiger partial charge in [-0.15, -0.1) is 0 Å². The van der Waals surface area contributed by atoms with Crippen molar-refractivity contribution in [2.24, 2.45) is 11.8 Å². The van der Waals surface area contributed by atoms with Crippen molar-refractivity contribution in [3.05, 3.63) is 66.5 Å². The Morgan fingerprint density at radius 3 is 2.77 bits per heavy atom. The molecule has 134 valence electrons. The molecular formula is C20H19NO5. The first-order valence-corrected chi connectivity index (χ1v) is 8.64. The van der Waals surface area contributed by atoms with Crippen molar-refractivity contribution in [1.82, 2.24) is 4.98 Å². The van der Waals surface area contributed by atoms with E-state index in [9.17, 15) is 9.59 Å². The van der Waals surface area contributed by atoms with Gasteiger partial charge in [-0.05, 0) is 24.1 Å². The van der Waals surface area contributed by atoms with Gasteiger partial charge in [0.1, 0.15) is 6.10 Å². The van der Waals surface area contributed by atoms with Gasteiger partial charge in [0, 0.05) is 24.4 Å². The van der Waals surface area contributed by atoms with Crippen LogP contribution in [0.3, 0.4) is 0 Å². The number of nitrogens with zero attached hydrogens (tertiary/aromatic N) is 1. The fourth-order valence-corrected chi connectivity index (χ4v) is 3.74. The SMILES string of the molecule is C[C@H]1C([C@@H]2OC(=O)C=CC2OC(=O)c2cccnc2)[C@H]2C=CC=C[C@H]1O2. The third kappa shape index (κ3) is 3.08. The van der Waals surface area contributed by atoms with Gasteiger partial charge in [0.15, 0.2) is 6.10 Å². The Bertz CT molecular complexity index is 785. The molecule has 0 aliphatic carbocycles. The number of ether oxygens (including phenoxy) is 3. The maximum Gasteiger partial charge on any atom is 0.340 e. The number of hydrogen-bond donors (Lipinski definition) is 0. The molecule has 0 saturated carbocycles. The number of cyclic esters (lactones) is 1. The van der Waals surface area contributed by atoms with Crippen LogP contribution in [0.1, 0.15) is 17.3 Å². The lowest BCUT2D eigenvalue weighted by atomic mass is 9.80. The van der Waals surface area contributed by atoms with E-state index in [0.29, 0.717) is 5.56 Å². The number of aromatic nitrogens is 1. The second kappa shape index (κ2) is 6.88. The summed E-state index contributed by atoms with van der Waals surface area (Å²) in [5, 5.41) is 0. The van der Waals surface area contributed by atoms with Crippen molar-refractivity contribution in [3.63, 3.8) is 0 Å². The van der Waals surface area contributed by atoms with Gasteiger partial charge >= 0.3 is 11.9 Å². The first-order valence-electron chi connectivity index (χ1n) is 8.64. The van der Waals surface area contributed by atoms with Gasteiger partial charge < -0.3 is 14.2 Å². The minimum Gasteiger partial charge on any atom is -0.454 e. The smallest absolute Gasteiger partial charge is 0.340 e. The molecule has 4 rings (SSSR count). The molecule has 3 aliphatic rings. The lowest BCUT2D eigenvalue weighted by molar-refractivity contribution is -0.156. The number of carbonyl (C=O) groups is 2. The summed E-state index contributed by atoms with van der Waals surface area (Å²) in [4.78, 5) is 28.2. The van der Waals surface area contributed by atoms with Crippen LogP contribution in [-0.2, 0) is 19.0 Å². The standard InChI is InChI=1S/C20H19NO5/c1-12-14-6-2-3-7-15(24-14)18(12)19-16(8-9-17(22)26-19)25-20(23)13-5-4-10-21-11-13/h2-12,14-16,18-19H,1H3/t12-,14-,15-,16?,18?,19-/m1/s1. The van der Waals surface area contributed by atoms with Crippen molar-refractivity contribution in [1.29, 1.82) is 0 Å². The highest BCUT2D eigenvalue weighted by molar-refractivity contribution is 5.89. The number of allylic oxidation sites excluding steroid dienone is 2. The molecule has 0 spiro atoms. The Morgan fingerprint density at radius 1 is 1.19 bits per heavy atom. The second-order valence-corrected chi connectivity index (χ2v) is 6.64. The van der Waals surface area contributed by atoms with Gasteiger partial charge in [-0.25, -0.2) is 9.59 Å². The Morgan fingerprint density at radius 2 is 2.00 bits per heavy atom. The molecule has 0 radical (unpaired) electrons. The number of carbonyl (C=O) groups excluding carboxylic acids is 2. The van der Waals surface area contributed by atoms with Crippen molar-refractivity contribution in [2.45, 2.75) is 31.3 Å². The van der Waals surface area contributed by atoms with E-state index in [4.69, 9.17) is 14.2 Å². The van der Waals surface area contributed by atoms with Gasteiger partial charge in [-0.1, -0.05) is 31.2 Å². The van der Waals surface area contributed by atoms with Crippen LogP contribution in [-0.4, -0.2) is 41.3 Å². The molecule has 4 heterocycles. The second-order valence-electron chi connectivity index (χ2n) is 6.64. The van der Waals surface area contributed by atoms with Crippen LogP contribution in [0.25, 0.3) is 0 Å². The lowest BCUT2D eigenvalue weighted by Crippen LogP contribution is -2.46. The van der Waals surface area contributed by atoms with E-state index in [1.807, 2.05) is 24.3 Å². The zero-order valence-corrected chi connectivity index (χ0v) is 14.2. The third-order valence-corrected chi connectivity index (χ3v) is 5.05. The van der Waals surface area contributed by atoms with E-state index in [0.717, 1.165) is 0 Å². The molecule has 0 N–H and O–H groups in total. The predicted octanol–water partition coefficient (Wildman–Crippen LogP) is 2.23. The summed E-state index contributed by atoms with van der Waals surface area (Å²) in [5.41, 5.74) is 0.352. The van der Waals surface area contributed by atoms with Crippen LogP contribution in [0.15, 0.2) is 61.0 Å². The number of fused-ring (bicyclic) bond motifs is 2. The summed E-state index contributed by atoms with van der Waals surface area (Å²) in [6.07, 6.45) is 12.2. The molecule has 1 aromatic rings. The van der Waals surface area contributed by atoms with Crippen LogP contribution in [0.5, 0.6) is 0 Å². The summed E-state index contributed by atoms with van der Waals surface area (Å²) in [6.45, 7) is 2.06. The molecular weight excluding hydrogens is 334 g/mol. The van der Waals surface area contributed by atoms with Crippen molar-refractivity contribution >= 4 is 11.9 Å². The highest BCUT2D eigenvalue weighted by atomic mass is 16.6. The fourth-order valence-electron chi connectivity index (χ4n) is 3.74. The van der Waals surface area contributed by atoms with Crippen molar-refractivity contribution in [2.75, 3.05) is 0 Å². The summed E-state index contributed by atoms with van der Waals surface area (Å²) in [5.74, 6) is -0.931. The van der Waals surface area contributed by atoms with Crippen LogP contribution >= 0.6 is 0 Å². The number of pyridine rings is 1. The highest BCUT2D eigenvalue weighted by Gasteiger charge is 2.49. The normalized spacial score (nSPS) is 35.0. The average Bonchev–Trinajstić information content (AvgIpc) is 2.82. The van der Waals surface area contributed by atoms with Gasteiger partial charge in [0.2, 0.25) is 0 Å². The Balaban J connectivity index is 1.58. The van der Waals surface area contributed by atoms with E-state index in [-0.39, 0.29) is 24.0 Å². The van der Waals surface area contributed by atoms with Crippen LogP contribution in [0, 0.1) is 11.8 Å². The average molecular weight is 353 g/mol. The Kier molecular flexibility index (Phi) is 4.42. The van der Waals surface area contributed by atoms with E-state index < -0.39 is 24.1 Å². The maximum absolute atomic E-state index is 12.4. The van der Waals surface area contributed by atoms with Crippen LogP contribution in [0.2, 0.25) is 0 Å². The van der Waals surface area contributed by atoms with E-state index in [1.54, 1.807) is 24.4 Å². The molecule has 1 saturated heterocycles. The van der Waals surface area contributed by atoms with Gasteiger partial charge in [-0.2, -0.15) is 0 Å². The molecule has 1 fully saturated rings. The molecule has 6 nitrogen and oxygen atoms in total. The van der Waals surface area contributed by atoms with Crippen molar-refractivity contribution in [3.8, 4) is 0 Å². The Labute approximate surface area is 151 Å². The Hall–Kier alpha value is -2.73. The molecule has 6 heteroatoms. The summed E-state index contributed by atoms with van der Waals surface area (Å²) in [7, 11) is 0. The summed E-state index contributed by atoms with van der Waals surface area (Å²) >= 11 is 0. The molecule has 2 bridgehead atoms. The number of esters is 2. The van der Waals surface area contributed by atoms with Crippen LogP contribution in [0.4, 0.5) is 0 Å². The van der Waals surface area contributed by atoms with Gasteiger partial charge in [-0.3, -0.25) is 4.98 Å². The van der Waals surface area contributed by atoms with E-state index in [1.165, 1.54) is 12.3 Å². The quantitative estimate of drug-likeness (QED) is 0.776. The first-order chi connectivity index (χ1) is 12.6. The minimum atomic E-state index is -0.672. The first kappa shape index (κ1) is 16.7. The van der Waals surface area contributed by atoms with Crippen molar-refractivity contribution < 1.29 is 23.8 Å². The highest BCUT2D eigenvalue weighted by Crippen LogP contribution is 2.41. The maximum atomic E-state index is 12.4. The van der Waals surface area contributed by atoms with Gasteiger partial charge in [0.05, 0.1) is 17.8 Å². The summed E-state index contributed by atoms with van der Waals surface area (Å²) < 4.78 is 17.3. The molecule has 26 heavy (non-hydrogen) atoms. The monoisotopic (exact) mass is 353 g/mol. The van der Waals surface area contributed by atoms with Crippen LogP contribution < -0.4 is 0 Å². The lowest BCUT2D eigenvalue weighted by Gasteiger charge is -2.34. The molecule has 6 atom stereocenters. The summed E-state index contributed by atoms with van der Waals surface area (Å²) in [6, 6.07) is 3.30. The molecule has 3 aliphatic heterocycles. The molecule has 0 aromatic carbocycles. The van der Waals surface area contributed by atoms with E-state index in [2.05, 4.69) is 11.9 Å². The molecule has 1 aromatic heterocycles. The fraction of sp³-hybridized carbons (Fsp3) is 0.350. The van der Waals surface area contributed by atoms with E-state index >= 15 is 0 Å². The minimum absolute atomic E-state index is 0.0562. The zero-order valence-electron chi connectivity index (χ0n) is 14.2. The predicted molar refractivity (Wildman–Crippen MR) is 92.1 cm³/mol. The van der Waals surface area contributed by atoms with Gasteiger partial charge in [0.25, 0.3) is 0 Å². The molecule has 0 amide bonds. The number of rotatable bonds is 3. The zero-order chi connectivity index (χ0) is 18.1. The number of hydrogen-bond acceptors (Lipinski definition) is 6. The largest absolute Gasteiger partial charge is 0.454 e. The topological polar surface area (TPSA) is 74.7 Å².